The molecule has 2 aromatic rings. The molecule has 2 unspecified atom stereocenters. The predicted octanol–water partition coefficient (Wildman–Crippen LogP) is 5.92. The Morgan fingerprint density at radius 1 is 1.07 bits per heavy atom. The summed E-state index contributed by atoms with van der Waals surface area (Å²) in [6.07, 6.45) is -4.64. The van der Waals surface area contributed by atoms with E-state index in [0.29, 0.717) is 6.07 Å². The average molecular weight is 528 g/mol. The van der Waals surface area contributed by atoms with Crippen LogP contribution in [0.15, 0.2) is 56.3 Å². The zero-order valence-electron chi connectivity index (χ0n) is 13.8. The van der Waals surface area contributed by atoms with Gasteiger partial charge in [-0.3, -0.25) is 0 Å². The van der Waals surface area contributed by atoms with E-state index in [0.717, 1.165) is 26.6 Å². The Balaban J connectivity index is 1.90. The molecule has 3 nitrogen and oxygen atoms in total. The lowest BCUT2D eigenvalue weighted by Gasteiger charge is -2.30. The third kappa shape index (κ3) is 4.58. The smallest absolute Gasteiger partial charge is 0.373 e. The Kier molecular flexibility index (Phi) is 6.05. The van der Waals surface area contributed by atoms with Crippen LogP contribution < -0.4 is 0 Å². The minimum Gasteiger partial charge on any atom is -0.373 e. The molecule has 0 amide bonds. The van der Waals surface area contributed by atoms with Crippen LogP contribution in [0.3, 0.4) is 0 Å². The Hall–Kier alpha value is -0.900. The van der Waals surface area contributed by atoms with Crippen LogP contribution in [0.4, 0.5) is 13.2 Å². The monoisotopic (exact) mass is 526 g/mol. The molecule has 0 N–H and O–H groups in total. The first-order valence-corrected chi connectivity index (χ1v) is 11.2. The van der Waals surface area contributed by atoms with Crippen molar-refractivity contribution in [3.8, 4) is 0 Å². The fraction of sp³-hybridized carbons (Fsp3) is 0.333. The zero-order chi connectivity index (χ0) is 19.8. The van der Waals surface area contributed by atoms with Gasteiger partial charge in [0.1, 0.15) is 0 Å². The second-order valence-electron chi connectivity index (χ2n) is 6.24. The molecule has 0 aliphatic carbocycles. The summed E-state index contributed by atoms with van der Waals surface area (Å²) in [5, 5.41) is -0.814. The maximum absolute atomic E-state index is 13.0. The molecule has 27 heavy (non-hydrogen) atoms. The first kappa shape index (κ1) is 20.8. The lowest BCUT2D eigenvalue weighted by atomic mass is 10.0. The van der Waals surface area contributed by atoms with Crippen LogP contribution in [-0.4, -0.2) is 20.3 Å². The van der Waals surface area contributed by atoms with E-state index in [9.17, 15) is 21.6 Å². The molecule has 1 aliphatic heterocycles. The number of benzene rings is 2. The maximum Gasteiger partial charge on any atom is 0.416 e. The van der Waals surface area contributed by atoms with Crippen molar-refractivity contribution in [2.24, 2.45) is 0 Å². The fourth-order valence-electron chi connectivity index (χ4n) is 3.07. The third-order valence-corrected chi connectivity index (χ3v) is 7.90. The highest BCUT2D eigenvalue weighted by Crippen LogP contribution is 2.38. The third-order valence-electron chi connectivity index (χ3n) is 4.47. The van der Waals surface area contributed by atoms with E-state index in [-0.39, 0.29) is 24.3 Å². The van der Waals surface area contributed by atoms with Crippen molar-refractivity contribution in [2.45, 2.75) is 35.3 Å². The molecule has 3 rings (SSSR count). The van der Waals surface area contributed by atoms with Crippen molar-refractivity contribution in [1.29, 1.82) is 0 Å². The summed E-state index contributed by atoms with van der Waals surface area (Å²) in [5.74, 6) is 0. The number of rotatable bonds is 3. The Morgan fingerprint density at radius 2 is 1.81 bits per heavy atom. The van der Waals surface area contributed by atoms with E-state index in [4.69, 9.17) is 4.74 Å². The number of sulfone groups is 1. The molecule has 2 atom stereocenters. The zero-order valence-corrected chi connectivity index (χ0v) is 17.8. The van der Waals surface area contributed by atoms with E-state index in [2.05, 4.69) is 31.9 Å². The quantitative estimate of drug-likeness (QED) is 0.497. The maximum atomic E-state index is 13.0. The normalized spacial score (nSPS) is 21.2. The number of halogens is 5. The molecule has 1 saturated heterocycles. The highest BCUT2D eigenvalue weighted by molar-refractivity contribution is 9.11. The molecular weight excluding hydrogens is 513 g/mol. The minimum absolute atomic E-state index is 0.174. The first-order chi connectivity index (χ1) is 12.6. The van der Waals surface area contributed by atoms with Gasteiger partial charge in [-0.05, 0) is 54.8 Å². The summed E-state index contributed by atoms with van der Waals surface area (Å²) in [6.45, 7) is 0.215. The molecule has 0 spiro atoms. The average Bonchev–Trinajstić information content (AvgIpc) is 2.63. The number of hydrogen-bond acceptors (Lipinski definition) is 3. The van der Waals surface area contributed by atoms with Gasteiger partial charge in [-0.2, -0.15) is 13.2 Å². The van der Waals surface area contributed by atoms with Gasteiger partial charge in [-0.25, -0.2) is 8.42 Å². The van der Waals surface area contributed by atoms with Crippen molar-refractivity contribution in [2.75, 3.05) is 6.61 Å². The minimum atomic E-state index is -4.59. The summed E-state index contributed by atoms with van der Waals surface area (Å²) < 4.78 is 72.1. The van der Waals surface area contributed by atoms with E-state index in [1.54, 1.807) is 0 Å². The number of alkyl halides is 3. The van der Waals surface area contributed by atoms with Gasteiger partial charge in [0.05, 0.1) is 21.8 Å². The van der Waals surface area contributed by atoms with Gasteiger partial charge in [0.15, 0.2) is 9.84 Å². The Labute approximate surface area is 172 Å². The van der Waals surface area contributed by atoms with Crippen molar-refractivity contribution in [1.82, 2.24) is 0 Å². The summed E-state index contributed by atoms with van der Waals surface area (Å²) in [4.78, 5) is -0.309. The molecule has 2 aromatic carbocycles. The van der Waals surface area contributed by atoms with E-state index in [1.807, 2.05) is 18.2 Å². The van der Waals surface area contributed by atoms with Crippen LogP contribution >= 0.6 is 31.9 Å². The van der Waals surface area contributed by atoms with Crippen molar-refractivity contribution in [3.63, 3.8) is 0 Å². The fourth-order valence-corrected chi connectivity index (χ4v) is 5.73. The van der Waals surface area contributed by atoms with E-state index < -0.39 is 32.9 Å². The van der Waals surface area contributed by atoms with Crippen molar-refractivity contribution < 1.29 is 26.3 Å². The topological polar surface area (TPSA) is 43.4 Å². The van der Waals surface area contributed by atoms with E-state index >= 15 is 0 Å². The van der Waals surface area contributed by atoms with Gasteiger partial charge in [-0.15, -0.1) is 0 Å². The predicted molar refractivity (Wildman–Crippen MR) is 102 cm³/mol. The Bertz CT molecular complexity index is 945. The molecule has 0 bridgehead atoms. The van der Waals surface area contributed by atoms with Crippen LogP contribution in [0, 0.1) is 0 Å². The second kappa shape index (κ2) is 7.85. The van der Waals surface area contributed by atoms with Gasteiger partial charge in [0.2, 0.25) is 0 Å². The summed E-state index contributed by atoms with van der Waals surface area (Å²) >= 11 is 6.82. The van der Waals surface area contributed by atoms with Gasteiger partial charge in [0, 0.05) is 15.6 Å². The lowest BCUT2D eigenvalue weighted by molar-refractivity contribution is -0.137. The summed E-state index contributed by atoms with van der Waals surface area (Å²) in [7, 11) is -3.92. The highest BCUT2D eigenvalue weighted by Gasteiger charge is 2.37. The van der Waals surface area contributed by atoms with Crippen LogP contribution in [0.1, 0.15) is 30.1 Å². The molecule has 146 valence electrons. The first-order valence-electron chi connectivity index (χ1n) is 8.07. The highest BCUT2D eigenvalue weighted by atomic mass is 79.9. The molecule has 1 heterocycles. The molecule has 0 radical (unpaired) electrons. The standard InChI is InChI=1S/C18H15Br2F3O3S/c19-12-4-5-16(20)15(9-12)17-10-14(6-7-26-17)27(24,25)13-3-1-2-11(8-13)18(21,22)23/h1-5,8-9,14,17H,6-7,10H2. The molecular formula is C18H15Br2F3O3S. The largest absolute Gasteiger partial charge is 0.416 e. The summed E-state index contributed by atoms with van der Waals surface area (Å²) in [6, 6.07) is 9.41. The number of ether oxygens (including phenoxy) is 1. The van der Waals surface area contributed by atoms with Crippen LogP contribution in [-0.2, 0) is 20.8 Å². The van der Waals surface area contributed by atoms with Crippen LogP contribution in [0.25, 0.3) is 0 Å². The van der Waals surface area contributed by atoms with Crippen LogP contribution in [0.2, 0.25) is 0 Å². The van der Waals surface area contributed by atoms with Gasteiger partial charge in [0.25, 0.3) is 0 Å². The molecule has 0 aromatic heterocycles. The van der Waals surface area contributed by atoms with Gasteiger partial charge in [-0.1, -0.05) is 37.9 Å². The van der Waals surface area contributed by atoms with Gasteiger partial charge < -0.3 is 4.74 Å². The van der Waals surface area contributed by atoms with Crippen molar-refractivity contribution in [3.05, 3.63) is 62.5 Å². The summed E-state index contributed by atoms with van der Waals surface area (Å²) in [5.41, 5.74) is -0.171. The molecule has 1 fully saturated rings. The van der Waals surface area contributed by atoms with E-state index in [1.165, 1.54) is 6.07 Å². The van der Waals surface area contributed by atoms with Crippen LogP contribution in [0.5, 0.6) is 0 Å². The molecule has 9 heteroatoms. The molecule has 1 aliphatic rings. The van der Waals surface area contributed by atoms with Gasteiger partial charge >= 0.3 is 6.18 Å². The van der Waals surface area contributed by atoms with Crippen molar-refractivity contribution >= 4 is 41.7 Å². The Morgan fingerprint density at radius 3 is 2.52 bits per heavy atom. The SMILES string of the molecule is O=S(=O)(c1cccc(C(F)(F)F)c1)C1CCOC(c2cc(Br)ccc2Br)C1. The number of hydrogen-bond donors (Lipinski definition) is 0. The second-order valence-corrected chi connectivity index (χ2v) is 10.2. The lowest BCUT2D eigenvalue weighted by Crippen LogP contribution is -2.31. The molecule has 0 saturated carbocycles.